The van der Waals surface area contributed by atoms with Crippen molar-refractivity contribution >= 4 is 17.3 Å². The van der Waals surface area contributed by atoms with E-state index in [0.29, 0.717) is 10.9 Å². The summed E-state index contributed by atoms with van der Waals surface area (Å²) >= 11 is 1.43. The summed E-state index contributed by atoms with van der Waals surface area (Å²) in [6, 6.07) is 7.33. The van der Waals surface area contributed by atoms with E-state index in [1.165, 1.54) is 18.4 Å². The third kappa shape index (κ3) is 2.87. The fourth-order valence-electron chi connectivity index (χ4n) is 1.50. The average Bonchev–Trinajstić information content (AvgIpc) is 2.91. The molecule has 1 aromatic carbocycles. The van der Waals surface area contributed by atoms with E-state index in [0.717, 1.165) is 5.56 Å². The zero-order valence-electron chi connectivity index (χ0n) is 10.1. The predicted octanol–water partition coefficient (Wildman–Crippen LogP) is 3.21. The molecule has 0 bridgehead atoms. The first kappa shape index (κ1) is 12.6. The zero-order valence-corrected chi connectivity index (χ0v) is 10.9. The summed E-state index contributed by atoms with van der Waals surface area (Å²) in [5, 5.41) is 2.45. The molecule has 2 aromatic rings. The van der Waals surface area contributed by atoms with Gasteiger partial charge in [0.05, 0.1) is 13.0 Å². The number of aromatic nitrogens is 1. The molecule has 1 atom stereocenters. The van der Waals surface area contributed by atoms with E-state index >= 15 is 0 Å². The van der Waals surface area contributed by atoms with Crippen molar-refractivity contribution in [2.24, 2.45) is 0 Å². The Hall–Kier alpha value is -1.88. The second-order valence-electron chi connectivity index (χ2n) is 3.71. The van der Waals surface area contributed by atoms with Gasteiger partial charge in [0.15, 0.2) is 0 Å². The van der Waals surface area contributed by atoms with E-state index in [9.17, 15) is 4.79 Å². The van der Waals surface area contributed by atoms with Gasteiger partial charge in [-0.2, -0.15) is 0 Å². The number of carbonyl (C=O) groups is 1. The van der Waals surface area contributed by atoms with E-state index in [4.69, 9.17) is 9.47 Å². The number of esters is 1. The van der Waals surface area contributed by atoms with Crippen LogP contribution in [0.4, 0.5) is 0 Å². The first-order valence-corrected chi connectivity index (χ1v) is 6.34. The first-order chi connectivity index (χ1) is 8.70. The monoisotopic (exact) mass is 263 g/mol. The van der Waals surface area contributed by atoms with Gasteiger partial charge >= 0.3 is 5.97 Å². The maximum Gasteiger partial charge on any atom is 0.312 e. The molecule has 0 N–H and O–H groups in total. The number of hydrogen-bond donors (Lipinski definition) is 0. The van der Waals surface area contributed by atoms with Crippen LogP contribution in [-0.4, -0.2) is 18.1 Å². The smallest absolute Gasteiger partial charge is 0.312 e. The number of carbonyl (C=O) groups excluding carboxylic acids is 1. The summed E-state index contributed by atoms with van der Waals surface area (Å²) in [4.78, 5) is 15.4. The molecule has 5 heteroatoms. The van der Waals surface area contributed by atoms with E-state index < -0.39 is 0 Å². The van der Waals surface area contributed by atoms with Gasteiger partial charge in [-0.05, 0) is 24.6 Å². The van der Waals surface area contributed by atoms with Crippen molar-refractivity contribution in [1.82, 2.24) is 4.98 Å². The molecule has 4 nitrogen and oxygen atoms in total. The number of hydrogen-bond acceptors (Lipinski definition) is 5. The molecular weight excluding hydrogens is 250 g/mol. The van der Waals surface area contributed by atoms with Crippen LogP contribution in [0.2, 0.25) is 0 Å². The number of ether oxygens (including phenoxy) is 2. The maximum atomic E-state index is 11.4. The van der Waals surface area contributed by atoms with Crippen LogP contribution >= 0.6 is 11.3 Å². The fourth-order valence-corrected chi connectivity index (χ4v) is 2.00. The molecule has 0 aliphatic carbocycles. The van der Waals surface area contributed by atoms with Gasteiger partial charge in [-0.25, -0.2) is 4.98 Å². The fraction of sp³-hybridized carbons (Fsp3) is 0.231. The van der Waals surface area contributed by atoms with Gasteiger partial charge < -0.3 is 9.47 Å². The van der Waals surface area contributed by atoms with E-state index in [1.54, 1.807) is 6.20 Å². The van der Waals surface area contributed by atoms with Crippen LogP contribution in [0, 0.1) is 0 Å². The highest BCUT2D eigenvalue weighted by atomic mass is 32.1. The van der Waals surface area contributed by atoms with Crippen molar-refractivity contribution in [2.75, 3.05) is 7.11 Å². The average molecular weight is 263 g/mol. The molecule has 94 valence electrons. The molecule has 1 unspecified atom stereocenters. The minimum atomic E-state index is -0.274. The van der Waals surface area contributed by atoms with E-state index in [1.807, 2.05) is 36.6 Å². The number of thiazole rings is 1. The zero-order chi connectivity index (χ0) is 13.0. The van der Waals surface area contributed by atoms with Crippen LogP contribution in [0.5, 0.6) is 10.9 Å². The summed E-state index contributed by atoms with van der Waals surface area (Å²) in [5.41, 5.74) is 0.897. The third-order valence-electron chi connectivity index (χ3n) is 2.55. The standard InChI is InChI=1S/C13H13NO3S/c1-9(12(15)16-2)10-3-5-11(6-4-10)17-13-14-7-8-18-13/h3-9H,1-2H3. The molecule has 0 radical (unpaired) electrons. The van der Waals surface area contributed by atoms with Crippen molar-refractivity contribution in [3.05, 3.63) is 41.4 Å². The highest BCUT2D eigenvalue weighted by Gasteiger charge is 2.15. The van der Waals surface area contributed by atoms with Crippen molar-refractivity contribution in [3.8, 4) is 10.9 Å². The Bertz CT molecular complexity index is 508. The minimum Gasteiger partial charge on any atom is -0.469 e. The lowest BCUT2D eigenvalue weighted by atomic mass is 10.0. The van der Waals surface area contributed by atoms with Gasteiger partial charge in [0, 0.05) is 11.6 Å². The highest BCUT2D eigenvalue weighted by molar-refractivity contribution is 7.11. The van der Waals surface area contributed by atoms with Crippen molar-refractivity contribution in [1.29, 1.82) is 0 Å². The van der Waals surface area contributed by atoms with E-state index in [-0.39, 0.29) is 11.9 Å². The lowest BCUT2D eigenvalue weighted by Crippen LogP contribution is -2.10. The summed E-state index contributed by atoms with van der Waals surface area (Å²) in [6.07, 6.45) is 1.69. The molecule has 0 spiro atoms. The molecule has 0 aliphatic heterocycles. The van der Waals surface area contributed by atoms with Crippen LogP contribution in [0.3, 0.4) is 0 Å². The van der Waals surface area contributed by atoms with Gasteiger partial charge in [0.2, 0.25) is 0 Å². The largest absolute Gasteiger partial charge is 0.469 e. The summed E-state index contributed by atoms with van der Waals surface area (Å²) < 4.78 is 10.2. The maximum absolute atomic E-state index is 11.4. The molecule has 0 saturated heterocycles. The number of rotatable bonds is 4. The Morgan fingerprint density at radius 1 is 1.33 bits per heavy atom. The number of methoxy groups -OCH3 is 1. The topological polar surface area (TPSA) is 48.4 Å². The van der Waals surface area contributed by atoms with Gasteiger partial charge in [-0.15, -0.1) is 0 Å². The van der Waals surface area contributed by atoms with Crippen molar-refractivity contribution in [2.45, 2.75) is 12.8 Å². The Morgan fingerprint density at radius 3 is 2.61 bits per heavy atom. The second-order valence-corrected chi connectivity index (χ2v) is 4.57. The Labute approximate surface area is 109 Å². The predicted molar refractivity (Wildman–Crippen MR) is 69.1 cm³/mol. The molecule has 0 aliphatic rings. The number of nitrogens with zero attached hydrogens (tertiary/aromatic N) is 1. The molecule has 0 amide bonds. The molecule has 0 fully saturated rings. The highest BCUT2D eigenvalue weighted by Crippen LogP contribution is 2.25. The molecule has 1 heterocycles. The first-order valence-electron chi connectivity index (χ1n) is 5.46. The van der Waals surface area contributed by atoms with Crippen molar-refractivity contribution in [3.63, 3.8) is 0 Å². The lowest BCUT2D eigenvalue weighted by molar-refractivity contribution is -0.141. The molecular formula is C13H13NO3S. The third-order valence-corrected chi connectivity index (χ3v) is 3.20. The van der Waals surface area contributed by atoms with Crippen LogP contribution in [0.15, 0.2) is 35.8 Å². The quantitative estimate of drug-likeness (QED) is 0.795. The lowest BCUT2D eigenvalue weighted by Gasteiger charge is -2.09. The van der Waals surface area contributed by atoms with Gasteiger partial charge in [0.1, 0.15) is 5.75 Å². The van der Waals surface area contributed by atoms with Crippen LogP contribution in [0.25, 0.3) is 0 Å². The minimum absolute atomic E-state index is 0.247. The molecule has 1 aromatic heterocycles. The normalized spacial score (nSPS) is 11.9. The summed E-state index contributed by atoms with van der Waals surface area (Å²) in [6.45, 7) is 1.81. The van der Waals surface area contributed by atoms with Crippen molar-refractivity contribution < 1.29 is 14.3 Å². The van der Waals surface area contributed by atoms with Crippen LogP contribution in [0.1, 0.15) is 18.4 Å². The van der Waals surface area contributed by atoms with Crippen LogP contribution < -0.4 is 4.74 Å². The van der Waals surface area contributed by atoms with Gasteiger partial charge in [-0.1, -0.05) is 23.5 Å². The van der Waals surface area contributed by atoms with Gasteiger partial charge in [-0.3, -0.25) is 4.79 Å². The van der Waals surface area contributed by atoms with Crippen LogP contribution in [-0.2, 0) is 9.53 Å². The van der Waals surface area contributed by atoms with Gasteiger partial charge in [0.25, 0.3) is 5.19 Å². The molecule has 2 rings (SSSR count). The Morgan fingerprint density at radius 2 is 2.06 bits per heavy atom. The molecule has 0 saturated carbocycles. The summed E-state index contributed by atoms with van der Waals surface area (Å²) in [7, 11) is 1.39. The number of benzene rings is 1. The Balaban J connectivity index is 2.08. The van der Waals surface area contributed by atoms with E-state index in [2.05, 4.69) is 4.98 Å². The Kier molecular flexibility index (Phi) is 3.94. The molecule has 18 heavy (non-hydrogen) atoms. The summed E-state index contributed by atoms with van der Waals surface area (Å²) in [5.74, 6) is 0.179. The second kappa shape index (κ2) is 5.64. The SMILES string of the molecule is COC(=O)C(C)c1ccc(Oc2nccs2)cc1.